The van der Waals surface area contributed by atoms with Gasteiger partial charge in [-0.05, 0) is 18.8 Å². The smallest absolute Gasteiger partial charge is 0.0107 e. The van der Waals surface area contributed by atoms with Crippen LogP contribution >= 0.6 is 24.8 Å². The molecule has 1 N–H and O–H groups in total. The van der Waals surface area contributed by atoms with E-state index in [1.807, 2.05) is 0 Å². The number of hydrogen-bond donors (Lipinski definition) is 1. The molecule has 2 nitrogen and oxygen atoms in total. The minimum atomic E-state index is 0. The zero-order chi connectivity index (χ0) is 7.52. The summed E-state index contributed by atoms with van der Waals surface area (Å²) >= 11 is 0. The first-order valence-electron chi connectivity index (χ1n) is 4.88. The van der Waals surface area contributed by atoms with Crippen LogP contribution in [0.2, 0.25) is 0 Å². The van der Waals surface area contributed by atoms with Gasteiger partial charge in [0, 0.05) is 32.7 Å². The molecule has 4 heteroatoms. The van der Waals surface area contributed by atoms with Gasteiger partial charge in [0.05, 0.1) is 0 Å². The van der Waals surface area contributed by atoms with E-state index in [0.29, 0.717) is 0 Å². The van der Waals surface area contributed by atoms with Crippen molar-refractivity contribution in [3.8, 4) is 0 Å². The molecular weight excluding hydrogens is 207 g/mol. The molecule has 1 aliphatic heterocycles. The van der Waals surface area contributed by atoms with E-state index in [-0.39, 0.29) is 24.8 Å². The van der Waals surface area contributed by atoms with Gasteiger partial charge in [0.2, 0.25) is 0 Å². The van der Waals surface area contributed by atoms with Crippen molar-refractivity contribution in [2.45, 2.75) is 19.3 Å². The average molecular weight is 227 g/mol. The van der Waals surface area contributed by atoms with Gasteiger partial charge >= 0.3 is 0 Å². The maximum atomic E-state index is 3.38. The molecule has 0 aromatic heterocycles. The number of hydrogen-bond acceptors (Lipinski definition) is 2. The Morgan fingerprint density at radius 3 is 2.15 bits per heavy atom. The van der Waals surface area contributed by atoms with E-state index < -0.39 is 0 Å². The zero-order valence-electron chi connectivity index (χ0n) is 8.00. The van der Waals surface area contributed by atoms with Crippen LogP contribution in [0.4, 0.5) is 0 Å². The van der Waals surface area contributed by atoms with Gasteiger partial charge < -0.3 is 10.2 Å². The summed E-state index contributed by atoms with van der Waals surface area (Å²) in [6.45, 7) is 6.33. The molecule has 0 unspecified atom stereocenters. The van der Waals surface area contributed by atoms with Gasteiger partial charge in [-0.1, -0.05) is 6.42 Å². The SMILES string of the molecule is C1CC(CN2CCNCC2)C1.Cl.Cl. The standard InChI is InChI=1S/C9H18N2.2ClH/c1-2-9(3-1)8-11-6-4-10-5-7-11;;/h9-10H,1-8H2;2*1H. The van der Waals surface area contributed by atoms with Gasteiger partial charge in [-0.2, -0.15) is 0 Å². The van der Waals surface area contributed by atoms with E-state index in [0.717, 1.165) is 5.92 Å². The summed E-state index contributed by atoms with van der Waals surface area (Å²) in [5, 5.41) is 3.38. The molecule has 0 radical (unpaired) electrons. The molecule has 0 aromatic rings. The largest absolute Gasteiger partial charge is 0.314 e. The summed E-state index contributed by atoms with van der Waals surface area (Å²) < 4.78 is 0. The second kappa shape index (κ2) is 6.88. The van der Waals surface area contributed by atoms with Crippen LogP contribution in [0.1, 0.15) is 19.3 Å². The second-order valence-electron chi connectivity index (χ2n) is 3.85. The molecule has 1 saturated carbocycles. The van der Waals surface area contributed by atoms with Crippen LogP contribution in [-0.4, -0.2) is 37.6 Å². The summed E-state index contributed by atoms with van der Waals surface area (Å²) in [5.41, 5.74) is 0. The van der Waals surface area contributed by atoms with Crippen molar-refractivity contribution in [1.29, 1.82) is 0 Å². The Bertz CT molecular complexity index is 123. The minimum absolute atomic E-state index is 0. The van der Waals surface area contributed by atoms with Crippen LogP contribution in [0.5, 0.6) is 0 Å². The highest BCUT2D eigenvalue weighted by Gasteiger charge is 2.21. The number of piperazine rings is 1. The van der Waals surface area contributed by atoms with Crippen LogP contribution in [0.15, 0.2) is 0 Å². The van der Waals surface area contributed by atoms with Crippen LogP contribution in [0.25, 0.3) is 0 Å². The Morgan fingerprint density at radius 2 is 1.69 bits per heavy atom. The van der Waals surface area contributed by atoms with Crippen LogP contribution in [0.3, 0.4) is 0 Å². The Morgan fingerprint density at radius 1 is 1.08 bits per heavy atom. The third-order valence-corrected chi connectivity index (χ3v) is 2.95. The predicted octanol–water partition coefficient (Wildman–Crippen LogP) is 1.54. The molecule has 1 saturated heterocycles. The van der Waals surface area contributed by atoms with Gasteiger partial charge in [0.15, 0.2) is 0 Å². The highest BCUT2D eigenvalue weighted by Crippen LogP contribution is 2.26. The van der Waals surface area contributed by atoms with Crippen LogP contribution in [0, 0.1) is 5.92 Å². The van der Waals surface area contributed by atoms with E-state index in [1.54, 1.807) is 0 Å². The molecule has 80 valence electrons. The molecule has 1 aliphatic carbocycles. The highest BCUT2D eigenvalue weighted by molar-refractivity contribution is 5.85. The van der Waals surface area contributed by atoms with Crippen molar-refractivity contribution in [3.63, 3.8) is 0 Å². The summed E-state index contributed by atoms with van der Waals surface area (Å²) in [7, 11) is 0. The Kier molecular flexibility index (Phi) is 7.15. The molecule has 2 rings (SSSR count). The van der Waals surface area contributed by atoms with Gasteiger partial charge in [-0.25, -0.2) is 0 Å². The van der Waals surface area contributed by atoms with E-state index in [4.69, 9.17) is 0 Å². The lowest BCUT2D eigenvalue weighted by Crippen LogP contribution is -2.46. The fourth-order valence-electron chi connectivity index (χ4n) is 1.93. The van der Waals surface area contributed by atoms with Crippen molar-refractivity contribution in [1.82, 2.24) is 10.2 Å². The maximum Gasteiger partial charge on any atom is 0.0107 e. The van der Waals surface area contributed by atoms with E-state index >= 15 is 0 Å². The molecule has 0 aromatic carbocycles. The summed E-state index contributed by atoms with van der Waals surface area (Å²) in [6, 6.07) is 0. The van der Waals surface area contributed by atoms with E-state index in [1.165, 1.54) is 52.0 Å². The van der Waals surface area contributed by atoms with Crippen LogP contribution < -0.4 is 5.32 Å². The van der Waals surface area contributed by atoms with Crippen molar-refractivity contribution < 1.29 is 0 Å². The second-order valence-corrected chi connectivity index (χ2v) is 3.85. The van der Waals surface area contributed by atoms with Crippen molar-refractivity contribution >= 4 is 24.8 Å². The number of nitrogens with one attached hydrogen (secondary N) is 1. The summed E-state index contributed by atoms with van der Waals surface area (Å²) in [5.74, 6) is 1.05. The molecule has 0 spiro atoms. The molecule has 2 aliphatic rings. The van der Waals surface area contributed by atoms with Gasteiger partial charge in [0.25, 0.3) is 0 Å². The molecule has 1 heterocycles. The molecular formula is C9H20Cl2N2. The Labute approximate surface area is 93.3 Å². The fourth-order valence-corrected chi connectivity index (χ4v) is 1.93. The van der Waals surface area contributed by atoms with E-state index in [9.17, 15) is 0 Å². The molecule has 0 amide bonds. The molecule has 0 bridgehead atoms. The lowest BCUT2D eigenvalue weighted by Gasteiger charge is -2.34. The third-order valence-electron chi connectivity index (χ3n) is 2.95. The first kappa shape index (κ1) is 13.5. The lowest BCUT2D eigenvalue weighted by molar-refractivity contribution is 0.162. The van der Waals surface area contributed by atoms with Crippen molar-refractivity contribution in [3.05, 3.63) is 0 Å². The number of rotatable bonds is 2. The monoisotopic (exact) mass is 226 g/mol. The summed E-state index contributed by atoms with van der Waals surface area (Å²) in [6.07, 6.45) is 4.46. The lowest BCUT2D eigenvalue weighted by atomic mass is 9.85. The Balaban J connectivity index is 0.000000720. The maximum absolute atomic E-state index is 3.38. The zero-order valence-corrected chi connectivity index (χ0v) is 9.63. The van der Waals surface area contributed by atoms with E-state index in [2.05, 4.69) is 10.2 Å². The molecule has 0 atom stereocenters. The highest BCUT2D eigenvalue weighted by atomic mass is 35.5. The summed E-state index contributed by atoms with van der Waals surface area (Å²) in [4.78, 5) is 2.61. The minimum Gasteiger partial charge on any atom is -0.314 e. The van der Waals surface area contributed by atoms with Gasteiger partial charge in [-0.3, -0.25) is 0 Å². The third kappa shape index (κ3) is 4.03. The van der Waals surface area contributed by atoms with Crippen molar-refractivity contribution in [2.24, 2.45) is 5.92 Å². The molecule has 2 fully saturated rings. The quantitative estimate of drug-likeness (QED) is 0.769. The first-order valence-corrected chi connectivity index (χ1v) is 4.88. The van der Waals surface area contributed by atoms with Crippen molar-refractivity contribution in [2.75, 3.05) is 32.7 Å². The topological polar surface area (TPSA) is 15.3 Å². The predicted molar refractivity (Wildman–Crippen MR) is 61.1 cm³/mol. The first-order chi connectivity index (χ1) is 5.45. The normalized spacial score (nSPS) is 24.0. The average Bonchev–Trinajstić information content (AvgIpc) is 1.99. The van der Waals surface area contributed by atoms with Crippen LogP contribution in [-0.2, 0) is 0 Å². The Hall–Kier alpha value is 0.500. The molecule has 13 heavy (non-hydrogen) atoms. The van der Waals surface area contributed by atoms with Gasteiger partial charge in [0.1, 0.15) is 0 Å². The van der Waals surface area contributed by atoms with Gasteiger partial charge in [-0.15, -0.1) is 24.8 Å². The number of nitrogens with zero attached hydrogens (tertiary/aromatic N) is 1. The number of halogens is 2. The fraction of sp³-hybridized carbons (Fsp3) is 1.00.